The second-order valence-electron chi connectivity index (χ2n) is 3.28. The highest BCUT2D eigenvalue weighted by Gasteiger charge is 2.10. The van der Waals surface area contributed by atoms with Gasteiger partial charge in [0.15, 0.2) is 0 Å². The minimum absolute atomic E-state index is 0.0425. The van der Waals surface area contributed by atoms with Crippen molar-refractivity contribution in [3.63, 3.8) is 0 Å². The van der Waals surface area contributed by atoms with Gasteiger partial charge in [-0.2, -0.15) is 0 Å². The highest BCUT2D eigenvalue weighted by atomic mass is 79.9. The lowest BCUT2D eigenvalue weighted by atomic mass is 10.1. The zero-order valence-corrected chi connectivity index (χ0v) is 10.6. The van der Waals surface area contributed by atoms with Crippen LogP contribution in [-0.2, 0) is 6.42 Å². The summed E-state index contributed by atoms with van der Waals surface area (Å²) in [7, 11) is 0. The molecule has 0 aliphatic heterocycles. The van der Waals surface area contributed by atoms with E-state index in [1.54, 1.807) is 12.1 Å². The molecule has 1 heterocycles. The fraction of sp³-hybridized carbons (Fsp3) is 0.182. The molecule has 0 saturated carbocycles. The number of aliphatic hydroxyl groups is 1. The number of aliphatic hydroxyl groups excluding tert-OH is 1. The zero-order chi connectivity index (χ0) is 11.5. The van der Waals surface area contributed by atoms with E-state index in [4.69, 9.17) is 21.2 Å². The van der Waals surface area contributed by atoms with Gasteiger partial charge in [0.05, 0.1) is 11.6 Å². The first kappa shape index (κ1) is 11.6. The molecule has 0 spiro atoms. The van der Waals surface area contributed by atoms with Crippen molar-refractivity contribution in [2.24, 2.45) is 0 Å². The van der Waals surface area contributed by atoms with Gasteiger partial charge < -0.3 is 9.63 Å². The van der Waals surface area contributed by atoms with Gasteiger partial charge in [-0.15, -0.1) is 0 Å². The van der Waals surface area contributed by atoms with E-state index >= 15 is 0 Å². The molecule has 0 bridgehead atoms. The Balaban J connectivity index is 2.38. The van der Waals surface area contributed by atoms with Crippen molar-refractivity contribution in [2.45, 2.75) is 6.42 Å². The van der Waals surface area contributed by atoms with E-state index in [0.29, 0.717) is 22.9 Å². The molecule has 2 rings (SSSR count). The summed E-state index contributed by atoms with van der Waals surface area (Å²) in [5.41, 5.74) is 1.48. The van der Waals surface area contributed by atoms with Crippen molar-refractivity contribution in [3.05, 3.63) is 39.5 Å². The Kier molecular flexibility index (Phi) is 3.63. The predicted molar refractivity (Wildman–Crippen MR) is 65.4 cm³/mol. The zero-order valence-electron chi connectivity index (χ0n) is 8.28. The number of nitrogens with zero attached hydrogens (tertiary/aromatic N) is 1. The maximum atomic E-state index is 8.78. The molecule has 0 radical (unpaired) electrons. The first-order valence-electron chi connectivity index (χ1n) is 4.72. The lowest BCUT2D eigenvalue weighted by Gasteiger charge is -1.99. The minimum atomic E-state index is 0.0425. The third kappa shape index (κ3) is 2.45. The second kappa shape index (κ2) is 4.99. The van der Waals surface area contributed by atoms with E-state index < -0.39 is 0 Å². The van der Waals surface area contributed by atoms with Crippen LogP contribution in [0.1, 0.15) is 5.76 Å². The van der Waals surface area contributed by atoms with Gasteiger partial charge in [-0.1, -0.05) is 32.7 Å². The van der Waals surface area contributed by atoms with Gasteiger partial charge in [-0.05, 0) is 18.2 Å². The monoisotopic (exact) mass is 301 g/mol. The maximum absolute atomic E-state index is 8.78. The molecule has 16 heavy (non-hydrogen) atoms. The number of halogens is 2. The normalized spacial score (nSPS) is 10.7. The minimum Gasteiger partial charge on any atom is -0.396 e. The van der Waals surface area contributed by atoms with Crippen molar-refractivity contribution in [1.82, 2.24) is 5.16 Å². The molecular weight excluding hydrogens is 293 g/mol. The van der Waals surface area contributed by atoms with Gasteiger partial charge in [0.2, 0.25) is 0 Å². The topological polar surface area (TPSA) is 46.3 Å². The van der Waals surface area contributed by atoms with Crippen LogP contribution < -0.4 is 0 Å². The second-order valence-corrected chi connectivity index (χ2v) is 4.60. The molecule has 2 aromatic rings. The predicted octanol–water partition coefficient (Wildman–Crippen LogP) is 3.29. The van der Waals surface area contributed by atoms with E-state index in [-0.39, 0.29) is 6.61 Å². The third-order valence-corrected chi connectivity index (χ3v) is 2.94. The van der Waals surface area contributed by atoms with Crippen LogP contribution in [0.4, 0.5) is 0 Å². The molecule has 0 aliphatic rings. The Morgan fingerprint density at radius 3 is 2.94 bits per heavy atom. The lowest BCUT2D eigenvalue weighted by molar-refractivity contribution is 0.277. The van der Waals surface area contributed by atoms with Crippen LogP contribution in [0.15, 0.2) is 33.3 Å². The Morgan fingerprint density at radius 2 is 2.19 bits per heavy atom. The van der Waals surface area contributed by atoms with Crippen molar-refractivity contribution < 1.29 is 9.63 Å². The highest BCUT2D eigenvalue weighted by molar-refractivity contribution is 9.10. The molecule has 1 aromatic carbocycles. The molecule has 0 fully saturated rings. The molecule has 5 heteroatoms. The molecule has 0 unspecified atom stereocenters. The summed E-state index contributed by atoms with van der Waals surface area (Å²) in [6.45, 7) is 0.0425. The molecule has 0 aliphatic carbocycles. The SMILES string of the molecule is OCCc1cc(-c2cc(Br)ccc2Cl)no1. The van der Waals surface area contributed by atoms with Crippen LogP contribution in [-0.4, -0.2) is 16.9 Å². The quantitative estimate of drug-likeness (QED) is 0.946. The average molecular weight is 303 g/mol. The number of rotatable bonds is 3. The van der Waals surface area contributed by atoms with Crippen LogP contribution in [0.2, 0.25) is 5.02 Å². The number of aromatic nitrogens is 1. The number of hydrogen-bond donors (Lipinski definition) is 1. The Morgan fingerprint density at radius 1 is 1.38 bits per heavy atom. The summed E-state index contributed by atoms with van der Waals surface area (Å²) in [5.74, 6) is 0.647. The van der Waals surface area contributed by atoms with Gasteiger partial charge in [0.1, 0.15) is 11.5 Å². The van der Waals surface area contributed by atoms with Crippen molar-refractivity contribution in [2.75, 3.05) is 6.61 Å². The molecule has 0 atom stereocenters. The van der Waals surface area contributed by atoms with Gasteiger partial charge in [-0.25, -0.2) is 0 Å². The lowest BCUT2D eigenvalue weighted by Crippen LogP contribution is -1.86. The fourth-order valence-electron chi connectivity index (χ4n) is 1.36. The van der Waals surface area contributed by atoms with Crippen LogP contribution in [0, 0.1) is 0 Å². The summed E-state index contributed by atoms with van der Waals surface area (Å²) in [5, 5.41) is 13.3. The molecular formula is C11H9BrClNO2. The molecule has 1 aromatic heterocycles. The van der Waals surface area contributed by atoms with Crippen LogP contribution in [0.5, 0.6) is 0 Å². The molecule has 0 amide bonds. The molecule has 1 N–H and O–H groups in total. The van der Waals surface area contributed by atoms with Crippen LogP contribution in [0.25, 0.3) is 11.3 Å². The van der Waals surface area contributed by atoms with Gasteiger partial charge in [-0.3, -0.25) is 0 Å². The van der Waals surface area contributed by atoms with Gasteiger partial charge in [0.25, 0.3) is 0 Å². The summed E-state index contributed by atoms with van der Waals surface area (Å²) < 4.78 is 6.00. The van der Waals surface area contributed by atoms with Crippen molar-refractivity contribution in [3.8, 4) is 11.3 Å². The molecule has 0 saturated heterocycles. The van der Waals surface area contributed by atoms with Crippen molar-refractivity contribution >= 4 is 27.5 Å². The highest BCUT2D eigenvalue weighted by Crippen LogP contribution is 2.30. The fourth-order valence-corrected chi connectivity index (χ4v) is 1.94. The maximum Gasteiger partial charge on any atom is 0.139 e. The first-order valence-corrected chi connectivity index (χ1v) is 5.89. The van der Waals surface area contributed by atoms with E-state index in [0.717, 1.165) is 10.0 Å². The van der Waals surface area contributed by atoms with Gasteiger partial charge >= 0.3 is 0 Å². The first-order chi connectivity index (χ1) is 7.70. The van der Waals surface area contributed by atoms with E-state index in [9.17, 15) is 0 Å². The van der Waals surface area contributed by atoms with Gasteiger partial charge in [0, 0.05) is 22.5 Å². The summed E-state index contributed by atoms with van der Waals surface area (Å²) >= 11 is 9.44. The van der Waals surface area contributed by atoms with E-state index in [1.165, 1.54) is 0 Å². The van der Waals surface area contributed by atoms with Crippen molar-refractivity contribution in [1.29, 1.82) is 0 Å². The Bertz CT molecular complexity index is 498. The van der Waals surface area contributed by atoms with E-state index in [1.807, 2.05) is 12.1 Å². The largest absolute Gasteiger partial charge is 0.396 e. The molecule has 84 valence electrons. The Hall–Kier alpha value is -0.840. The number of benzene rings is 1. The van der Waals surface area contributed by atoms with Crippen LogP contribution >= 0.6 is 27.5 Å². The average Bonchev–Trinajstić information content (AvgIpc) is 2.71. The Labute approximate surface area is 106 Å². The van der Waals surface area contributed by atoms with Crippen LogP contribution in [0.3, 0.4) is 0 Å². The number of hydrogen-bond acceptors (Lipinski definition) is 3. The molecule has 3 nitrogen and oxygen atoms in total. The standard InChI is InChI=1S/C11H9BrClNO2/c12-7-1-2-10(13)9(5-7)11-6-8(3-4-15)16-14-11/h1-2,5-6,15H,3-4H2. The van der Waals surface area contributed by atoms with E-state index in [2.05, 4.69) is 21.1 Å². The third-order valence-electron chi connectivity index (χ3n) is 2.12. The summed E-state index contributed by atoms with van der Waals surface area (Å²) in [6.07, 6.45) is 0.457. The summed E-state index contributed by atoms with van der Waals surface area (Å²) in [6, 6.07) is 7.31. The smallest absolute Gasteiger partial charge is 0.139 e. The summed E-state index contributed by atoms with van der Waals surface area (Å²) in [4.78, 5) is 0.